The van der Waals surface area contributed by atoms with Crippen molar-refractivity contribution in [2.75, 3.05) is 27.4 Å². The average molecular weight is 887 g/mol. The Hall–Kier alpha value is -2.73. The molecule has 0 aromatic heterocycles. The van der Waals surface area contributed by atoms with Crippen LogP contribution in [0.25, 0.3) is 0 Å². The van der Waals surface area contributed by atoms with E-state index in [2.05, 4.69) is 20.8 Å². The number of methoxy groups -OCH3 is 2. The number of rotatable bonds is 15. The highest BCUT2D eigenvalue weighted by molar-refractivity contribution is 5.89. The molecule has 19 atom stereocenters. The first-order valence-corrected chi connectivity index (χ1v) is 23.4. The topological polar surface area (TPSA) is 206 Å². The Morgan fingerprint density at radius 3 is 2.16 bits per heavy atom. The van der Waals surface area contributed by atoms with Gasteiger partial charge in [0.15, 0.2) is 24.8 Å². The zero-order valence-corrected chi connectivity index (χ0v) is 37.9. The number of carbonyl (C=O) groups excluding carboxylic acids is 3. The lowest BCUT2D eigenvalue weighted by molar-refractivity contribution is -0.345. The number of hydrogen-bond acceptors (Lipinski definition) is 15. The second kappa shape index (κ2) is 17.8. The summed E-state index contributed by atoms with van der Waals surface area (Å²) in [6.45, 7) is 8.96. The first-order valence-electron chi connectivity index (χ1n) is 23.4. The van der Waals surface area contributed by atoms with Crippen LogP contribution in [0.4, 0.5) is 0 Å². The number of aliphatic hydroxyl groups excluding tert-OH is 3. The van der Waals surface area contributed by atoms with E-state index < -0.39 is 90.8 Å². The van der Waals surface area contributed by atoms with Crippen LogP contribution in [0.15, 0.2) is 24.3 Å². The molecule has 5 saturated carbocycles. The fourth-order valence-electron chi connectivity index (χ4n) is 14.2. The molecule has 15 nitrogen and oxygen atoms in total. The van der Waals surface area contributed by atoms with Gasteiger partial charge >= 0.3 is 11.9 Å². The van der Waals surface area contributed by atoms with Crippen LogP contribution in [0.3, 0.4) is 0 Å². The molecule has 5 aliphatic carbocycles. The maximum atomic E-state index is 14.2. The predicted molar refractivity (Wildman–Crippen MR) is 224 cm³/mol. The second-order valence-corrected chi connectivity index (χ2v) is 20.3. The Balaban J connectivity index is 1.09. The Bertz CT molecular complexity index is 1830. The van der Waals surface area contributed by atoms with E-state index in [4.69, 9.17) is 37.9 Å². The van der Waals surface area contributed by atoms with Crippen molar-refractivity contribution in [2.24, 2.45) is 45.8 Å². The maximum absolute atomic E-state index is 14.2. The third kappa shape index (κ3) is 7.66. The minimum absolute atomic E-state index is 0.0279. The molecular weight excluding hydrogens is 817 g/mol. The van der Waals surface area contributed by atoms with Crippen LogP contribution in [-0.4, -0.2) is 133 Å². The van der Waals surface area contributed by atoms with Crippen LogP contribution in [0.5, 0.6) is 5.75 Å². The van der Waals surface area contributed by atoms with E-state index in [1.165, 1.54) is 39.0 Å². The van der Waals surface area contributed by atoms with Gasteiger partial charge in [-0.1, -0.05) is 40.5 Å². The zero-order chi connectivity index (χ0) is 45.2. The van der Waals surface area contributed by atoms with E-state index in [-0.39, 0.29) is 46.7 Å². The van der Waals surface area contributed by atoms with Crippen LogP contribution < -0.4 is 4.74 Å². The summed E-state index contributed by atoms with van der Waals surface area (Å²) in [7, 11) is 3.32. The number of Topliss-reactive ketones (excluding diaryl/α,β-unsaturated/α-hetero) is 1. The molecule has 8 rings (SSSR count). The van der Waals surface area contributed by atoms with E-state index >= 15 is 0 Å². The van der Waals surface area contributed by atoms with Crippen molar-refractivity contribution in [2.45, 2.75) is 172 Å². The van der Waals surface area contributed by atoms with Gasteiger partial charge in [-0.05, 0) is 105 Å². The van der Waals surface area contributed by atoms with Crippen LogP contribution in [-0.2, 0) is 42.7 Å². The standard InChI is InChI=1S/C48H70O15/c1-8-9-10-11-33(50)25(2)48(55)37(21-32-30-20-36(57-7)47-22-28(47)16-18-45(47,4)31(30)17-19-46(32,48)5)61-44-41(60-26(3)49)39(35(52)24-59-44)63-43-40(38(53)34(51)23-58-43)62-42(54)27-12-14-29(56-6)15-13-27/h12-15,25,28,30-32,34-41,43-44,51-53,55H,8-11,16-24H2,1-7H3/t25-,28-,30-,31+,32+,34-,35+,36-,37+,38+,39+,40-,41-,43+,44+,45-,46+,47+,48-/m1/s1. The highest BCUT2D eigenvalue weighted by Gasteiger charge is 2.79. The van der Waals surface area contributed by atoms with Gasteiger partial charge in [0.2, 0.25) is 0 Å². The largest absolute Gasteiger partial charge is 0.497 e. The van der Waals surface area contributed by atoms with Crippen LogP contribution in [0.1, 0.15) is 116 Å². The van der Waals surface area contributed by atoms with Gasteiger partial charge < -0.3 is 58.3 Å². The number of fused-ring (bicyclic) bond motifs is 4. The molecule has 15 heteroatoms. The summed E-state index contributed by atoms with van der Waals surface area (Å²) in [5, 5.41) is 46.7. The highest BCUT2D eigenvalue weighted by Crippen LogP contribution is 2.82. The number of hydrogen-bond donors (Lipinski definition) is 4. The van der Waals surface area contributed by atoms with Gasteiger partial charge in [0, 0.05) is 37.2 Å². The number of carbonyl (C=O) groups is 3. The molecule has 1 spiro atoms. The molecule has 1 aromatic rings. The van der Waals surface area contributed by atoms with Gasteiger partial charge in [0.1, 0.15) is 41.5 Å². The molecule has 352 valence electrons. The minimum atomic E-state index is -1.65. The molecule has 0 radical (unpaired) electrons. The molecule has 4 N–H and O–H groups in total. The fraction of sp³-hybridized carbons (Fsp3) is 0.812. The SMILES string of the molecule is CCCCCC(=O)[C@@H](C)[C@@]1(O)[C@@H](O[C@@H]2OC[C@H](O)[C@H](O[C@@H]3OC[C@@H](O)[C@H](O)[C@H]3OC(=O)c3ccc(OC)cc3)[C@H]2OC(C)=O)C[C@H]2[C@@H]3C[C@@H](OC)[C@]45C[C@H]4CC[C@]5(C)[C@H]3CC[C@@]21C. The summed E-state index contributed by atoms with van der Waals surface area (Å²) < 4.78 is 48.3. The van der Waals surface area contributed by atoms with Crippen molar-refractivity contribution in [3.63, 3.8) is 0 Å². The number of ether oxygens (including phenoxy) is 8. The molecule has 63 heavy (non-hydrogen) atoms. The minimum Gasteiger partial charge on any atom is -0.497 e. The van der Waals surface area contributed by atoms with Crippen molar-refractivity contribution in [1.82, 2.24) is 0 Å². The van der Waals surface area contributed by atoms with E-state index in [0.717, 1.165) is 32.1 Å². The lowest BCUT2D eigenvalue weighted by Gasteiger charge is -2.61. The fourth-order valence-corrected chi connectivity index (χ4v) is 14.2. The molecule has 0 unspecified atom stereocenters. The Morgan fingerprint density at radius 1 is 0.825 bits per heavy atom. The Kier molecular flexibility index (Phi) is 13.2. The van der Waals surface area contributed by atoms with Crippen molar-refractivity contribution >= 4 is 17.7 Å². The van der Waals surface area contributed by atoms with Crippen molar-refractivity contribution in [1.29, 1.82) is 0 Å². The van der Waals surface area contributed by atoms with Gasteiger partial charge in [-0.3, -0.25) is 9.59 Å². The highest BCUT2D eigenvalue weighted by atomic mass is 16.8. The number of ketones is 1. The van der Waals surface area contributed by atoms with Gasteiger partial charge in [0.05, 0.1) is 38.1 Å². The molecule has 2 aliphatic heterocycles. The summed E-state index contributed by atoms with van der Waals surface area (Å²) in [5.41, 5.74) is -1.95. The Labute approximate surface area is 370 Å². The van der Waals surface area contributed by atoms with Gasteiger partial charge in [-0.15, -0.1) is 0 Å². The van der Waals surface area contributed by atoms with Crippen LogP contribution >= 0.6 is 0 Å². The lowest BCUT2D eigenvalue weighted by Crippen LogP contribution is -2.64. The molecule has 1 aromatic carbocycles. The maximum Gasteiger partial charge on any atom is 0.338 e. The van der Waals surface area contributed by atoms with Crippen molar-refractivity contribution < 1.29 is 72.7 Å². The summed E-state index contributed by atoms with van der Waals surface area (Å²) in [4.78, 5) is 40.4. The molecule has 0 bridgehead atoms. The molecule has 2 saturated heterocycles. The molecule has 2 heterocycles. The third-order valence-electron chi connectivity index (χ3n) is 17.6. The predicted octanol–water partition coefficient (Wildman–Crippen LogP) is 4.51. The van der Waals surface area contributed by atoms with Crippen molar-refractivity contribution in [3.8, 4) is 5.75 Å². The van der Waals surface area contributed by atoms with E-state index in [9.17, 15) is 34.8 Å². The van der Waals surface area contributed by atoms with Crippen LogP contribution in [0.2, 0.25) is 0 Å². The van der Waals surface area contributed by atoms with Gasteiger partial charge in [-0.25, -0.2) is 4.79 Å². The molecule has 7 fully saturated rings. The van der Waals surface area contributed by atoms with Gasteiger partial charge in [-0.2, -0.15) is 0 Å². The first-order chi connectivity index (χ1) is 30.0. The summed E-state index contributed by atoms with van der Waals surface area (Å²) >= 11 is 0. The van der Waals surface area contributed by atoms with E-state index in [0.29, 0.717) is 43.3 Å². The van der Waals surface area contributed by atoms with E-state index in [1.807, 2.05) is 14.0 Å². The third-order valence-corrected chi connectivity index (χ3v) is 17.6. The molecular formula is C48H70O15. The normalized spacial score (nSPS) is 45.5. The average Bonchev–Trinajstić information content (AvgIpc) is 3.86. The summed E-state index contributed by atoms with van der Waals surface area (Å²) in [5.74, 6) is -0.613. The first kappa shape index (κ1) is 46.8. The molecule has 7 aliphatic rings. The van der Waals surface area contributed by atoms with Gasteiger partial charge in [0.25, 0.3) is 0 Å². The lowest BCUT2D eigenvalue weighted by atomic mass is 9.44. The quantitative estimate of drug-likeness (QED) is 0.141. The monoisotopic (exact) mass is 886 g/mol. The second-order valence-electron chi connectivity index (χ2n) is 20.3. The number of unbranched alkanes of at least 4 members (excludes halogenated alkanes) is 2. The summed E-state index contributed by atoms with van der Waals surface area (Å²) in [6.07, 6.45) is -3.34. The van der Waals surface area contributed by atoms with Crippen LogP contribution in [0, 0.1) is 45.8 Å². The number of esters is 2. The van der Waals surface area contributed by atoms with Crippen molar-refractivity contribution in [3.05, 3.63) is 29.8 Å². The number of benzene rings is 1. The smallest absolute Gasteiger partial charge is 0.338 e. The van der Waals surface area contributed by atoms with E-state index in [1.54, 1.807) is 12.1 Å². The molecule has 0 amide bonds. The zero-order valence-electron chi connectivity index (χ0n) is 37.9. The Morgan fingerprint density at radius 2 is 1.51 bits per heavy atom. The summed E-state index contributed by atoms with van der Waals surface area (Å²) in [6, 6.07) is 6.08. The number of aliphatic hydroxyl groups is 4.